The zero-order valence-corrected chi connectivity index (χ0v) is 8.12. The molecular weight excluding hydrogens is 198 g/mol. The van der Waals surface area contributed by atoms with Crippen molar-refractivity contribution >= 4 is 27.7 Å². The molecule has 0 aliphatic carbocycles. The summed E-state index contributed by atoms with van der Waals surface area (Å²) in [5.41, 5.74) is 6.11. The lowest BCUT2D eigenvalue weighted by molar-refractivity contribution is -0.109. The minimum absolute atomic E-state index is 0.130. The fourth-order valence-electron chi connectivity index (χ4n) is 1.44. The lowest BCUT2D eigenvalue weighted by atomic mass is 10.1. The number of hydrogen-bond acceptors (Lipinski definition) is 4. The number of hydrogen-bond donors (Lipinski definition) is 2. The predicted molar refractivity (Wildman–Crippen MR) is 56.5 cm³/mol. The first-order valence-corrected chi connectivity index (χ1v) is 4.97. The summed E-state index contributed by atoms with van der Waals surface area (Å²) >= 11 is 1.24. The highest BCUT2D eigenvalue weighted by atomic mass is 32.1. The van der Waals surface area contributed by atoms with Gasteiger partial charge in [-0.15, -0.1) is 0 Å². The Labute approximate surface area is 84.8 Å². The van der Waals surface area contributed by atoms with Crippen molar-refractivity contribution in [3.63, 3.8) is 0 Å². The molecule has 0 saturated heterocycles. The van der Waals surface area contributed by atoms with E-state index in [1.54, 1.807) is 0 Å². The smallest absolute Gasteiger partial charge is 0.177 e. The second-order valence-corrected chi connectivity index (χ2v) is 4.01. The van der Waals surface area contributed by atoms with Gasteiger partial charge in [0.05, 0.1) is 6.04 Å². The molecular formula is C10H9NO2S. The van der Waals surface area contributed by atoms with Gasteiger partial charge in [0.1, 0.15) is 6.29 Å². The SMILES string of the molecule is NC(C=O)c1c(O)sc2ccccc12. The van der Waals surface area contributed by atoms with Gasteiger partial charge in [0, 0.05) is 15.6 Å². The van der Waals surface area contributed by atoms with Crippen LogP contribution in [0.25, 0.3) is 10.1 Å². The van der Waals surface area contributed by atoms with Crippen LogP contribution in [0.15, 0.2) is 24.3 Å². The molecule has 2 aromatic rings. The van der Waals surface area contributed by atoms with Crippen LogP contribution in [-0.2, 0) is 4.79 Å². The van der Waals surface area contributed by atoms with E-state index >= 15 is 0 Å². The molecule has 1 unspecified atom stereocenters. The summed E-state index contributed by atoms with van der Waals surface area (Å²) in [7, 11) is 0. The van der Waals surface area contributed by atoms with E-state index in [1.807, 2.05) is 24.3 Å². The first-order valence-electron chi connectivity index (χ1n) is 4.15. The number of nitrogens with two attached hydrogens (primary N) is 1. The molecule has 1 heterocycles. The maximum atomic E-state index is 10.6. The van der Waals surface area contributed by atoms with Crippen LogP contribution in [0, 0.1) is 0 Å². The van der Waals surface area contributed by atoms with Gasteiger partial charge in [0.25, 0.3) is 0 Å². The fraction of sp³-hybridized carbons (Fsp3) is 0.100. The predicted octanol–water partition coefficient (Wildman–Crippen LogP) is 1.81. The molecule has 0 fully saturated rings. The Bertz CT molecular complexity index is 478. The van der Waals surface area contributed by atoms with Crippen LogP contribution < -0.4 is 5.73 Å². The molecule has 3 nitrogen and oxygen atoms in total. The number of aromatic hydroxyl groups is 1. The monoisotopic (exact) mass is 207 g/mol. The molecule has 0 radical (unpaired) electrons. The van der Waals surface area contributed by atoms with Gasteiger partial charge in [0.15, 0.2) is 5.06 Å². The van der Waals surface area contributed by atoms with Crippen molar-refractivity contribution < 1.29 is 9.90 Å². The van der Waals surface area contributed by atoms with Crippen molar-refractivity contribution in [2.75, 3.05) is 0 Å². The van der Waals surface area contributed by atoms with Crippen LogP contribution in [0.5, 0.6) is 5.06 Å². The van der Waals surface area contributed by atoms with Crippen LogP contribution in [-0.4, -0.2) is 11.4 Å². The van der Waals surface area contributed by atoms with Crippen molar-refractivity contribution in [1.29, 1.82) is 0 Å². The Morgan fingerprint density at radius 3 is 2.86 bits per heavy atom. The van der Waals surface area contributed by atoms with Crippen molar-refractivity contribution in [1.82, 2.24) is 0 Å². The molecule has 0 bridgehead atoms. The highest BCUT2D eigenvalue weighted by molar-refractivity contribution is 7.20. The Balaban J connectivity index is 2.73. The summed E-state index contributed by atoms with van der Waals surface area (Å²) in [6.07, 6.45) is 0.633. The third-order valence-electron chi connectivity index (χ3n) is 2.09. The first-order chi connectivity index (χ1) is 6.74. The highest BCUT2D eigenvalue weighted by Gasteiger charge is 2.16. The fourth-order valence-corrected chi connectivity index (χ4v) is 2.44. The minimum atomic E-state index is -0.744. The van der Waals surface area contributed by atoms with Crippen LogP contribution >= 0.6 is 11.3 Å². The molecule has 0 aliphatic heterocycles. The molecule has 0 amide bonds. The Hall–Kier alpha value is -1.39. The van der Waals surface area contributed by atoms with Gasteiger partial charge in [-0.3, -0.25) is 0 Å². The second kappa shape index (κ2) is 3.40. The number of rotatable bonds is 2. The average Bonchev–Trinajstić information content (AvgIpc) is 2.53. The van der Waals surface area contributed by atoms with Crippen LogP contribution in [0.3, 0.4) is 0 Å². The lowest BCUT2D eigenvalue weighted by Gasteiger charge is -2.02. The Morgan fingerprint density at radius 2 is 2.14 bits per heavy atom. The summed E-state index contributed by atoms with van der Waals surface area (Å²) in [6.45, 7) is 0. The van der Waals surface area contributed by atoms with Crippen molar-refractivity contribution in [3.05, 3.63) is 29.8 Å². The topological polar surface area (TPSA) is 63.3 Å². The molecule has 0 spiro atoms. The zero-order valence-electron chi connectivity index (χ0n) is 7.31. The maximum Gasteiger partial charge on any atom is 0.177 e. The van der Waals surface area contributed by atoms with Crippen molar-refractivity contribution in [3.8, 4) is 5.06 Å². The van der Waals surface area contributed by atoms with E-state index < -0.39 is 6.04 Å². The average molecular weight is 207 g/mol. The number of fused-ring (bicyclic) bond motifs is 1. The highest BCUT2D eigenvalue weighted by Crippen LogP contribution is 2.38. The molecule has 0 aliphatic rings. The normalized spacial score (nSPS) is 12.9. The van der Waals surface area contributed by atoms with Gasteiger partial charge in [-0.1, -0.05) is 29.5 Å². The van der Waals surface area contributed by atoms with Gasteiger partial charge in [0.2, 0.25) is 0 Å². The molecule has 72 valence electrons. The third kappa shape index (κ3) is 1.29. The first kappa shape index (κ1) is 9.18. The molecule has 1 aromatic carbocycles. The van der Waals surface area contributed by atoms with E-state index in [-0.39, 0.29) is 5.06 Å². The summed E-state index contributed by atoms with van der Waals surface area (Å²) in [4.78, 5) is 10.6. The zero-order chi connectivity index (χ0) is 10.1. The quantitative estimate of drug-likeness (QED) is 0.738. The lowest BCUT2D eigenvalue weighted by Crippen LogP contribution is -2.10. The number of aldehydes is 1. The van der Waals surface area contributed by atoms with Gasteiger partial charge in [-0.05, 0) is 6.07 Å². The summed E-state index contributed by atoms with van der Waals surface area (Å²) < 4.78 is 0.942. The van der Waals surface area contributed by atoms with Crippen molar-refractivity contribution in [2.45, 2.75) is 6.04 Å². The Kier molecular flexibility index (Phi) is 2.23. The minimum Gasteiger partial charge on any atom is -0.499 e. The maximum absolute atomic E-state index is 10.6. The van der Waals surface area contributed by atoms with E-state index in [9.17, 15) is 9.90 Å². The largest absolute Gasteiger partial charge is 0.499 e. The number of benzene rings is 1. The second-order valence-electron chi connectivity index (χ2n) is 2.98. The van der Waals surface area contributed by atoms with Crippen LogP contribution in [0.1, 0.15) is 11.6 Å². The number of carbonyl (C=O) groups is 1. The van der Waals surface area contributed by atoms with E-state index in [4.69, 9.17) is 5.73 Å². The third-order valence-corrected chi connectivity index (χ3v) is 3.08. The van der Waals surface area contributed by atoms with Crippen LogP contribution in [0.2, 0.25) is 0 Å². The number of thiophene rings is 1. The van der Waals surface area contributed by atoms with Gasteiger partial charge < -0.3 is 15.6 Å². The van der Waals surface area contributed by atoms with Gasteiger partial charge in [-0.25, -0.2) is 0 Å². The molecule has 3 N–H and O–H groups in total. The molecule has 0 saturated carbocycles. The molecule has 2 rings (SSSR count). The van der Waals surface area contributed by atoms with E-state index in [2.05, 4.69) is 0 Å². The van der Waals surface area contributed by atoms with E-state index in [0.717, 1.165) is 10.1 Å². The van der Waals surface area contributed by atoms with Crippen LogP contribution in [0.4, 0.5) is 0 Å². The summed E-state index contributed by atoms with van der Waals surface area (Å²) in [5, 5.41) is 10.6. The standard InChI is InChI=1S/C10H9NO2S/c11-7(5-12)9-6-3-1-2-4-8(6)14-10(9)13/h1-5,7,13H,11H2. The summed E-state index contributed by atoms with van der Waals surface area (Å²) in [6, 6.07) is 6.74. The molecule has 14 heavy (non-hydrogen) atoms. The summed E-state index contributed by atoms with van der Waals surface area (Å²) in [5.74, 6) is 0. The molecule has 1 atom stereocenters. The Morgan fingerprint density at radius 1 is 1.43 bits per heavy atom. The van der Waals surface area contributed by atoms with Gasteiger partial charge >= 0.3 is 0 Å². The number of carbonyl (C=O) groups excluding carboxylic acids is 1. The molecule has 1 aromatic heterocycles. The van der Waals surface area contributed by atoms with Crippen molar-refractivity contribution in [2.24, 2.45) is 5.73 Å². The van der Waals surface area contributed by atoms with E-state index in [1.165, 1.54) is 11.3 Å². The molecule has 4 heteroatoms. The van der Waals surface area contributed by atoms with E-state index in [0.29, 0.717) is 11.8 Å². The van der Waals surface area contributed by atoms with Gasteiger partial charge in [-0.2, -0.15) is 0 Å².